The van der Waals surface area contributed by atoms with Crippen molar-refractivity contribution in [2.75, 3.05) is 23.9 Å². The minimum absolute atomic E-state index is 0.0123. The average Bonchev–Trinajstić information content (AvgIpc) is 2.80. The molecule has 0 spiro atoms. The fraction of sp³-hybridized carbons (Fsp3) is 0.360. The number of ether oxygens (including phenoxy) is 2. The second-order valence-corrected chi connectivity index (χ2v) is 7.80. The van der Waals surface area contributed by atoms with Crippen LogP contribution >= 0.6 is 11.9 Å². The number of rotatable bonds is 9. The van der Waals surface area contributed by atoms with Gasteiger partial charge in [-0.3, -0.25) is 9.52 Å². The highest BCUT2D eigenvalue weighted by molar-refractivity contribution is 7.97. The molecule has 0 saturated carbocycles. The van der Waals surface area contributed by atoms with E-state index in [1.165, 1.54) is 11.9 Å². The molecule has 3 rings (SSSR count). The lowest BCUT2D eigenvalue weighted by atomic mass is 10.0. The molecule has 3 aromatic rings. The van der Waals surface area contributed by atoms with Gasteiger partial charge in [0, 0.05) is 23.5 Å². The first kappa shape index (κ1) is 26.1. The molecule has 1 aromatic heterocycles. The summed E-state index contributed by atoms with van der Waals surface area (Å²) >= 11 is 1.25. The molecule has 0 saturated heterocycles. The number of benzene rings is 2. The maximum Gasteiger partial charge on any atom is 0.256 e. The van der Waals surface area contributed by atoms with E-state index in [9.17, 15) is 4.79 Å². The summed E-state index contributed by atoms with van der Waals surface area (Å²) < 4.78 is 14.5. The largest absolute Gasteiger partial charge is 0.490 e. The Balaban J connectivity index is 0.00000187. The van der Waals surface area contributed by atoms with Crippen LogP contribution in [0.3, 0.4) is 0 Å². The molecule has 33 heavy (non-hydrogen) atoms. The number of nitrogen functional groups attached to an aromatic ring is 1. The zero-order valence-electron chi connectivity index (χ0n) is 20.1. The van der Waals surface area contributed by atoms with E-state index in [1.807, 2.05) is 83.3 Å². The van der Waals surface area contributed by atoms with Crippen LogP contribution in [0.5, 0.6) is 11.5 Å². The predicted molar refractivity (Wildman–Crippen MR) is 139 cm³/mol. The Morgan fingerprint density at radius 1 is 1.12 bits per heavy atom. The molecule has 0 aliphatic heterocycles. The van der Waals surface area contributed by atoms with E-state index in [-0.39, 0.29) is 12.0 Å². The average molecular weight is 471 g/mol. The molecular formula is C25H34N4O3S. The van der Waals surface area contributed by atoms with Crippen molar-refractivity contribution in [1.82, 2.24) is 9.71 Å². The van der Waals surface area contributed by atoms with Crippen LogP contribution in [0, 0.1) is 0 Å². The van der Waals surface area contributed by atoms with Gasteiger partial charge in [0.2, 0.25) is 0 Å². The maximum atomic E-state index is 12.9. The highest BCUT2D eigenvalue weighted by atomic mass is 32.2. The van der Waals surface area contributed by atoms with Gasteiger partial charge < -0.3 is 20.5 Å². The van der Waals surface area contributed by atoms with Crippen LogP contribution in [-0.2, 0) is 4.79 Å². The Morgan fingerprint density at radius 2 is 1.88 bits per heavy atom. The number of carbonyl (C=O) groups excluding carboxylic acids is 1. The smallest absolute Gasteiger partial charge is 0.256 e. The van der Waals surface area contributed by atoms with E-state index in [2.05, 4.69) is 15.0 Å². The van der Waals surface area contributed by atoms with E-state index < -0.39 is 6.04 Å². The topological polar surface area (TPSA) is 98.5 Å². The van der Waals surface area contributed by atoms with Crippen LogP contribution in [0.2, 0.25) is 0 Å². The lowest BCUT2D eigenvalue weighted by Gasteiger charge is -2.22. The number of nitrogens with zero attached hydrogens (tertiary/aromatic N) is 1. The molecule has 1 unspecified atom stereocenters. The zero-order chi connectivity index (χ0) is 24.4. The van der Waals surface area contributed by atoms with Crippen LogP contribution in [0.1, 0.15) is 46.2 Å². The van der Waals surface area contributed by atoms with E-state index in [0.29, 0.717) is 23.9 Å². The second kappa shape index (κ2) is 12.8. The third-order valence-corrected chi connectivity index (χ3v) is 4.94. The van der Waals surface area contributed by atoms with E-state index >= 15 is 0 Å². The maximum absolute atomic E-state index is 12.9. The molecule has 0 aliphatic rings. The van der Waals surface area contributed by atoms with Gasteiger partial charge in [-0.2, -0.15) is 0 Å². The Labute approximate surface area is 200 Å². The first-order valence-corrected chi connectivity index (χ1v) is 12.3. The molecule has 1 amide bonds. The van der Waals surface area contributed by atoms with Crippen molar-refractivity contribution in [1.29, 1.82) is 0 Å². The first-order valence-electron chi connectivity index (χ1n) is 11.1. The van der Waals surface area contributed by atoms with Crippen molar-refractivity contribution in [3.63, 3.8) is 0 Å². The van der Waals surface area contributed by atoms with Crippen molar-refractivity contribution in [3.8, 4) is 11.5 Å². The third kappa shape index (κ3) is 6.92. The van der Waals surface area contributed by atoms with Gasteiger partial charge in [0.05, 0.1) is 12.7 Å². The van der Waals surface area contributed by atoms with Gasteiger partial charge in [0.1, 0.15) is 11.9 Å². The first-order chi connectivity index (χ1) is 15.9. The van der Waals surface area contributed by atoms with Gasteiger partial charge in [-0.1, -0.05) is 31.9 Å². The summed E-state index contributed by atoms with van der Waals surface area (Å²) in [6, 6.07) is 12.6. The Hall–Kier alpha value is -3.13. The molecule has 2 aromatic carbocycles. The summed E-state index contributed by atoms with van der Waals surface area (Å²) in [6.07, 6.45) is 3.49. The number of nitrogens with two attached hydrogens (primary N) is 1. The lowest BCUT2D eigenvalue weighted by Crippen LogP contribution is -2.29. The number of hydrogen-bond donors (Lipinski definition) is 3. The Morgan fingerprint density at radius 3 is 2.55 bits per heavy atom. The summed E-state index contributed by atoms with van der Waals surface area (Å²) in [4.78, 5) is 17.0. The number of amides is 1. The van der Waals surface area contributed by atoms with Gasteiger partial charge in [-0.05, 0) is 68.1 Å². The van der Waals surface area contributed by atoms with Crippen LogP contribution in [0.15, 0.2) is 48.7 Å². The van der Waals surface area contributed by atoms with E-state index in [1.54, 1.807) is 6.20 Å². The number of fused-ring (bicyclic) bond motifs is 1. The number of carbonyl (C=O) groups is 1. The SMILES string of the molecule is CC.CCOc1cc(C(Nc2ccc3c(N)nccc3c2)C(=O)NSC)ccc1OC(C)C. The molecule has 0 radical (unpaired) electrons. The summed E-state index contributed by atoms with van der Waals surface area (Å²) in [5, 5.41) is 5.15. The normalized spacial score (nSPS) is 11.4. The third-order valence-electron chi connectivity index (χ3n) is 4.53. The molecular weight excluding hydrogens is 436 g/mol. The molecule has 178 valence electrons. The lowest BCUT2D eigenvalue weighted by molar-refractivity contribution is -0.120. The highest BCUT2D eigenvalue weighted by Gasteiger charge is 2.22. The van der Waals surface area contributed by atoms with Crippen molar-refractivity contribution < 1.29 is 14.3 Å². The van der Waals surface area contributed by atoms with E-state index in [4.69, 9.17) is 15.2 Å². The quantitative estimate of drug-likeness (QED) is 0.351. The number of aromatic nitrogens is 1. The number of nitrogens with one attached hydrogen (secondary N) is 2. The summed E-state index contributed by atoms with van der Waals surface area (Å²) in [5.41, 5.74) is 7.51. The van der Waals surface area contributed by atoms with Crippen LogP contribution < -0.4 is 25.2 Å². The fourth-order valence-corrected chi connectivity index (χ4v) is 3.56. The minimum Gasteiger partial charge on any atom is -0.490 e. The van der Waals surface area contributed by atoms with Gasteiger partial charge in [0.25, 0.3) is 5.91 Å². The van der Waals surface area contributed by atoms with Crippen LogP contribution in [-0.4, -0.2) is 29.9 Å². The van der Waals surface area contributed by atoms with Crippen molar-refractivity contribution in [3.05, 3.63) is 54.2 Å². The molecule has 0 aliphatic carbocycles. The predicted octanol–water partition coefficient (Wildman–Crippen LogP) is 5.58. The summed E-state index contributed by atoms with van der Waals surface area (Å²) in [5.74, 6) is 1.57. The molecule has 7 nitrogen and oxygen atoms in total. The molecule has 1 atom stereocenters. The second-order valence-electron chi connectivity index (χ2n) is 7.19. The van der Waals surface area contributed by atoms with Crippen molar-refractivity contribution >= 4 is 40.1 Å². The van der Waals surface area contributed by atoms with Crippen molar-refractivity contribution in [2.45, 2.75) is 46.8 Å². The van der Waals surface area contributed by atoms with Gasteiger partial charge in [0.15, 0.2) is 11.5 Å². The molecule has 0 fully saturated rings. The van der Waals surface area contributed by atoms with Gasteiger partial charge in [-0.25, -0.2) is 4.98 Å². The standard InChI is InChI=1S/C23H28N4O3S.C2H6/c1-5-29-20-13-16(6-9-19(20)30-14(2)3)21(23(28)27-31-4)26-17-7-8-18-15(12-17)10-11-25-22(18)24;1-2/h6-14,21,26H,5H2,1-4H3,(H2,24,25)(H,27,28);1-2H3. The molecule has 4 N–H and O–H groups in total. The van der Waals surface area contributed by atoms with Gasteiger partial charge in [-0.15, -0.1) is 0 Å². The van der Waals surface area contributed by atoms with Gasteiger partial charge >= 0.3 is 0 Å². The minimum atomic E-state index is -0.628. The fourth-order valence-electron chi connectivity index (χ4n) is 3.24. The molecule has 0 bridgehead atoms. The Bertz CT molecular complexity index is 1060. The summed E-state index contributed by atoms with van der Waals surface area (Å²) in [7, 11) is 0. The molecule has 1 heterocycles. The van der Waals surface area contributed by atoms with E-state index in [0.717, 1.165) is 22.0 Å². The number of pyridine rings is 1. The molecule has 8 heteroatoms. The Kier molecular flexibility index (Phi) is 10.1. The highest BCUT2D eigenvalue weighted by Crippen LogP contribution is 2.33. The zero-order valence-corrected chi connectivity index (χ0v) is 21.0. The number of hydrogen-bond acceptors (Lipinski definition) is 7. The monoisotopic (exact) mass is 470 g/mol. The van der Waals surface area contributed by atoms with Crippen molar-refractivity contribution in [2.24, 2.45) is 0 Å². The van der Waals surface area contributed by atoms with Crippen LogP contribution in [0.4, 0.5) is 11.5 Å². The summed E-state index contributed by atoms with van der Waals surface area (Å²) in [6.45, 7) is 10.3. The van der Waals surface area contributed by atoms with Crippen LogP contribution in [0.25, 0.3) is 10.8 Å². The number of anilines is 2.